The summed E-state index contributed by atoms with van der Waals surface area (Å²) in [6.45, 7) is 5.88. The average molecular weight is 436 g/mol. The highest BCUT2D eigenvalue weighted by atomic mass is 31.2. The van der Waals surface area contributed by atoms with Gasteiger partial charge in [0, 0.05) is 6.42 Å². The van der Waals surface area contributed by atoms with Crippen LogP contribution in [0.2, 0.25) is 0 Å². The molecule has 4 N–H and O–H groups in total. The molecule has 0 spiro atoms. The molecule has 0 aromatic carbocycles. The summed E-state index contributed by atoms with van der Waals surface area (Å²) in [4.78, 5) is 30.2. The fraction of sp³-hybridized carbons (Fsp3) is 0.955. The van der Waals surface area contributed by atoms with Gasteiger partial charge in [0.1, 0.15) is 0 Å². The molecule has 6 nitrogen and oxygen atoms in total. The fourth-order valence-corrected chi connectivity index (χ4v) is 4.34. The molecule has 0 aliphatic rings. The Morgan fingerprint density at radius 3 is 1.62 bits per heavy atom. The van der Waals surface area contributed by atoms with Crippen LogP contribution in [0, 0.1) is 5.92 Å². The number of carbonyl (C=O) groups is 1. The SMILES string of the molecule is CCCCCCCCCCCCCCCC(=O)N[C@@H](C(C)C)C(O)CP(=O)(O)O. The van der Waals surface area contributed by atoms with Crippen molar-refractivity contribution in [3.63, 3.8) is 0 Å². The number of hydrogen-bond acceptors (Lipinski definition) is 3. The number of amides is 1. The van der Waals surface area contributed by atoms with Crippen molar-refractivity contribution in [3.8, 4) is 0 Å². The maximum atomic E-state index is 12.1. The van der Waals surface area contributed by atoms with Gasteiger partial charge in [-0.25, -0.2) is 0 Å². The Morgan fingerprint density at radius 2 is 1.24 bits per heavy atom. The van der Waals surface area contributed by atoms with E-state index >= 15 is 0 Å². The van der Waals surface area contributed by atoms with Gasteiger partial charge in [-0.1, -0.05) is 97.8 Å². The number of hydrogen-bond donors (Lipinski definition) is 4. The van der Waals surface area contributed by atoms with Gasteiger partial charge in [-0.05, 0) is 12.3 Å². The summed E-state index contributed by atoms with van der Waals surface area (Å²) in [7, 11) is -4.31. The molecule has 174 valence electrons. The predicted octanol–water partition coefficient (Wildman–Crippen LogP) is 5.15. The second-order valence-electron chi connectivity index (χ2n) is 8.74. The van der Waals surface area contributed by atoms with E-state index in [1.165, 1.54) is 64.2 Å². The lowest BCUT2D eigenvalue weighted by atomic mass is 9.99. The van der Waals surface area contributed by atoms with E-state index in [1.54, 1.807) is 0 Å². The molecule has 0 heterocycles. The van der Waals surface area contributed by atoms with Crippen LogP contribution in [-0.2, 0) is 9.36 Å². The Balaban J connectivity index is 3.73. The third kappa shape index (κ3) is 18.1. The van der Waals surface area contributed by atoms with Crippen molar-refractivity contribution in [2.24, 2.45) is 5.92 Å². The van der Waals surface area contributed by atoms with E-state index in [2.05, 4.69) is 12.2 Å². The van der Waals surface area contributed by atoms with Crippen molar-refractivity contribution in [1.82, 2.24) is 5.32 Å². The fourth-order valence-electron chi connectivity index (χ4n) is 3.63. The molecule has 29 heavy (non-hydrogen) atoms. The summed E-state index contributed by atoms with van der Waals surface area (Å²) < 4.78 is 11.1. The van der Waals surface area contributed by atoms with E-state index < -0.39 is 25.9 Å². The van der Waals surface area contributed by atoms with Crippen LogP contribution in [0.25, 0.3) is 0 Å². The van der Waals surface area contributed by atoms with E-state index in [-0.39, 0.29) is 11.8 Å². The third-order valence-corrected chi connectivity index (χ3v) is 6.24. The van der Waals surface area contributed by atoms with Gasteiger partial charge >= 0.3 is 7.60 Å². The van der Waals surface area contributed by atoms with Crippen LogP contribution in [0.4, 0.5) is 0 Å². The van der Waals surface area contributed by atoms with Crippen LogP contribution in [0.15, 0.2) is 0 Å². The lowest BCUT2D eigenvalue weighted by Gasteiger charge is -2.27. The lowest BCUT2D eigenvalue weighted by molar-refractivity contribution is -0.123. The van der Waals surface area contributed by atoms with Crippen molar-refractivity contribution < 1.29 is 24.3 Å². The first-order chi connectivity index (χ1) is 13.7. The van der Waals surface area contributed by atoms with Crippen molar-refractivity contribution >= 4 is 13.5 Å². The number of aliphatic hydroxyl groups is 1. The van der Waals surface area contributed by atoms with Crippen molar-refractivity contribution in [2.45, 2.75) is 123 Å². The van der Waals surface area contributed by atoms with Gasteiger partial charge in [-0.15, -0.1) is 0 Å². The standard InChI is InChI=1S/C22H46NO5P/c1-4-5-6-7-8-9-10-11-12-13-14-15-16-17-21(25)23-22(19(2)3)20(24)18-29(26,27)28/h19-20,22,24H,4-18H2,1-3H3,(H,23,25)(H2,26,27,28)/t20?,22-/m0/s1. The Labute approximate surface area is 178 Å². The first kappa shape index (κ1) is 28.6. The highest BCUT2D eigenvalue weighted by Gasteiger charge is 2.30. The molecule has 0 aliphatic heterocycles. The van der Waals surface area contributed by atoms with Crippen molar-refractivity contribution in [2.75, 3.05) is 6.16 Å². The minimum atomic E-state index is -4.31. The molecule has 0 aromatic rings. The van der Waals surface area contributed by atoms with Gasteiger partial charge in [0.15, 0.2) is 0 Å². The largest absolute Gasteiger partial charge is 0.390 e. The Morgan fingerprint density at radius 1 is 0.828 bits per heavy atom. The molecule has 7 heteroatoms. The lowest BCUT2D eigenvalue weighted by Crippen LogP contribution is -2.48. The Bertz CT molecular complexity index is 452. The number of nitrogens with one attached hydrogen (secondary N) is 1. The molecule has 0 radical (unpaired) electrons. The molecule has 0 saturated heterocycles. The van der Waals surface area contributed by atoms with Gasteiger partial charge in [-0.3, -0.25) is 9.36 Å². The van der Waals surface area contributed by atoms with Crippen LogP contribution >= 0.6 is 7.60 Å². The molecule has 0 bridgehead atoms. The zero-order chi connectivity index (χ0) is 22.1. The quantitative estimate of drug-likeness (QED) is 0.166. The molecule has 0 aromatic heterocycles. The maximum Gasteiger partial charge on any atom is 0.328 e. The Hall–Kier alpha value is -0.420. The smallest absolute Gasteiger partial charge is 0.328 e. The number of carbonyl (C=O) groups excluding carboxylic acids is 1. The summed E-state index contributed by atoms with van der Waals surface area (Å²) in [5.74, 6) is -0.260. The van der Waals surface area contributed by atoms with Gasteiger partial charge < -0.3 is 20.2 Å². The van der Waals surface area contributed by atoms with Crippen LogP contribution in [0.3, 0.4) is 0 Å². The molecule has 1 unspecified atom stereocenters. The number of aliphatic hydroxyl groups excluding tert-OH is 1. The number of unbranched alkanes of at least 4 members (excludes halogenated alkanes) is 12. The summed E-state index contributed by atoms with van der Waals surface area (Å²) in [5.41, 5.74) is 0. The molecule has 2 atom stereocenters. The topological polar surface area (TPSA) is 107 Å². The van der Waals surface area contributed by atoms with Crippen molar-refractivity contribution in [1.29, 1.82) is 0 Å². The first-order valence-corrected chi connectivity index (χ1v) is 13.5. The van der Waals surface area contributed by atoms with E-state index in [1.807, 2.05) is 13.8 Å². The summed E-state index contributed by atoms with van der Waals surface area (Å²) >= 11 is 0. The molecule has 0 saturated carbocycles. The molecule has 1 amide bonds. The molecular formula is C22H46NO5P. The minimum absolute atomic E-state index is 0.104. The molecule has 0 aliphatic carbocycles. The Kier molecular flexibility index (Phi) is 17.0. The zero-order valence-electron chi connectivity index (χ0n) is 18.9. The molecule has 0 rings (SSSR count). The van der Waals surface area contributed by atoms with Gasteiger partial charge in [-0.2, -0.15) is 0 Å². The van der Waals surface area contributed by atoms with Crippen LogP contribution < -0.4 is 5.32 Å². The molecule has 0 fully saturated rings. The summed E-state index contributed by atoms with van der Waals surface area (Å²) in [6, 6.07) is -0.642. The summed E-state index contributed by atoms with van der Waals surface area (Å²) in [5, 5.41) is 12.8. The second kappa shape index (κ2) is 17.3. The van der Waals surface area contributed by atoms with E-state index in [0.717, 1.165) is 19.3 Å². The summed E-state index contributed by atoms with van der Waals surface area (Å²) in [6.07, 6.45) is 14.8. The maximum absolute atomic E-state index is 12.1. The average Bonchev–Trinajstić information content (AvgIpc) is 2.61. The number of rotatable bonds is 19. The van der Waals surface area contributed by atoms with Crippen LogP contribution in [-0.4, -0.2) is 39.1 Å². The van der Waals surface area contributed by atoms with E-state index in [0.29, 0.717) is 6.42 Å². The normalized spacial score (nSPS) is 14.2. The van der Waals surface area contributed by atoms with Crippen LogP contribution in [0.1, 0.15) is 111 Å². The predicted molar refractivity (Wildman–Crippen MR) is 120 cm³/mol. The van der Waals surface area contributed by atoms with Gasteiger partial charge in [0.25, 0.3) is 0 Å². The second-order valence-corrected chi connectivity index (χ2v) is 10.4. The van der Waals surface area contributed by atoms with E-state index in [4.69, 9.17) is 9.79 Å². The van der Waals surface area contributed by atoms with Crippen LogP contribution in [0.5, 0.6) is 0 Å². The monoisotopic (exact) mass is 435 g/mol. The highest BCUT2D eigenvalue weighted by molar-refractivity contribution is 7.51. The van der Waals surface area contributed by atoms with Crippen molar-refractivity contribution in [3.05, 3.63) is 0 Å². The molecular weight excluding hydrogens is 389 g/mol. The first-order valence-electron chi connectivity index (χ1n) is 11.7. The van der Waals surface area contributed by atoms with Gasteiger partial charge in [0.2, 0.25) is 5.91 Å². The zero-order valence-corrected chi connectivity index (χ0v) is 19.8. The van der Waals surface area contributed by atoms with Gasteiger partial charge in [0.05, 0.1) is 18.3 Å². The minimum Gasteiger partial charge on any atom is -0.390 e. The van der Waals surface area contributed by atoms with E-state index in [9.17, 15) is 14.5 Å². The highest BCUT2D eigenvalue weighted by Crippen LogP contribution is 2.36. The third-order valence-electron chi connectivity index (χ3n) is 5.39.